The zero-order valence-electron chi connectivity index (χ0n) is 22.2. The lowest BCUT2D eigenvalue weighted by atomic mass is 10.1. The van der Waals surface area contributed by atoms with E-state index in [4.69, 9.17) is 4.74 Å². The van der Waals surface area contributed by atoms with Crippen molar-refractivity contribution in [3.63, 3.8) is 0 Å². The van der Waals surface area contributed by atoms with Crippen LogP contribution in [0.2, 0.25) is 0 Å². The Labute approximate surface area is 235 Å². The second-order valence-corrected chi connectivity index (χ2v) is 12.6. The van der Waals surface area contributed by atoms with E-state index in [1.165, 1.54) is 34.5 Å². The summed E-state index contributed by atoms with van der Waals surface area (Å²) < 4.78 is 30.9. The van der Waals surface area contributed by atoms with Crippen LogP contribution in [0.3, 0.4) is 0 Å². The van der Waals surface area contributed by atoms with Crippen LogP contribution in [-0.2, 0) is 30.9 Å². The molecule has 4 aromatic rings. The summed E-state index contributed by atoms with van der Waals surface area (Å²) in [5, 5.41) is 11.7. The molecule has 0 aliphatic heterocycles. The minimum atomic E-state index is -3.51. The summed E-state index contributed by atoms with van der Waals surface area (Å²) in [4.78, 5) is 41.2. The summed E-state index contributed by atoms with van der Waals surface area (Å²) in [6.45, 7) is 5.10. The number of nitrogens with one attached hydrogen (secondary N) is 2. The highest BCUT2D eigenvalue weighted by Gasteiger charge is 2.17. The molecule has 0 atom stereocenters. The molecule has 0 aliphatic carbocycles. The van der Waals surface area contributed by atoms with Crippen LogP contribution in [0.1, 0.15) is 31.1 Å². The SMILES string of the molecule is CC(C)(C)OC(=O)Cn1ccc(-c2cccc(-c3csc(NC(=O)CNC(=O)c4ccn(S(C)(=O)=O)c4)n3)c2)n1. The summed E-state index contributed by atoms with van der Waals surface area (Å²) in [5.41, 5.74) is 2.49. The van der Waals surface area contributed by atoms with E-state index in [9.17, 15) is 22.8 Å². The number of carbonyl (C=O) groups is 3. The summed E-state index contributed by atoms with van der Waals surface area (Å²) in [7, 11) is -3.51. The number of rotatable bonds is 9. The third kappa shape index (κ3) is 7.64. The molecule has 0 unspecified atom stereocenters. The Balaban J connectivity index is 1.35. The molecule has 0 radical (unpaired) electrons. The van der Waals surface area contributed by atoms with E-state index >= 15 is 0 Å². The number of carbonyl (C=O) groups excluding carboxylic acids is 3. The number of nitrogens with zero attached hydrogens (tertiary/aromatic N) is 4. The van der Waals surface area contributed by atoms with Crippen molar-refractivity contribution in [3.05, 3.63) is 65.9 Å². The lowest BCUT2D eigenvalue weighted by molar-refractivity contribution is -0.155. The third-order valence-corrected chi connectivity index (χ3v) is 7.03. The molecular weight excluding hydrogens is 556 g/mol. The van der Waals surface area contributed by atoms with Crippen LogP contribution in [-0.4, -0.2) is 63.3 Å². The predicted molar refractivity (Wildman–Crippen MR) is 150 cm³/mol. The number of hydrogen-bond acceptors (Lipinski definition) is 9. The molecule has 14 heteroatoms. The molecule has 3 heterocycles. The first-order valence-electron chi connectivity index (χ1n) is 12.0. The molecule has 4 rings (SSSR count). The zero-order valence-corrected chi connectivity index (χ0v) is 23.9. The van der Waals surface area contributed by atoms with E-state index in [2.05, 4.69) is 20.7 Å². The first-order valence-corrected chi connectivity index (χ1v) is 14.8. The topological polar surface area (TPSA) is 154 Å². The van der Waals surface area contributed by atoms with E-state index < -0.39 is 27.4 Å². The molecule has 1 aromatic carbocycles. The number of thiazole rings is 1. The molecule has 210 valence electrons. The quantitative estimate of drug-likeness (QED) is 0.285. The van der Waals surface area contributed by atoms with E-state index in [-0.39, 0.29) is 24.6 Å². The molecule has 0 saturated carbocycles. The molecule has 40 heavy (non-hydrogen) atoms. The number of esters is 1. The van der Waals surface area contributed by atoms with Crippen molar-refractivity contribution >= 4 is 44.3 Å². The van der Waals surface area contributed by atoms with Gasteiger partial charge in [0, 0.05) is 35.1 Å². The molecule has 2 N–H and O–H groups in total. The predicted octanol–water partition coefficient (Wildman–Crippen LogP) is 2.99. The van der Waals surface area contributed by atoms with E-state index in [0.29, 0.717) is 16.5 Å². The second-order valence-electron chi connectivity index (χ2n) is 9.83. The number of anilines is 1. The van der Waals surface area contributed by atoms with Crippen molar-refractivity contribution in [2.24, 2.45) is 0 Å². The van der Waals surface area contributed by atoms with Gasteiger partial charge < -0.3 is 15.4 Å². The van der Waals surface area contributed by atoms with Crippen molar-refractivity contribution in [1.82, 2.24) is 24.1 Å². The van der Waals surface area contributed by atoms with Crippen LogP contribution in [0.4, 0.5) is 5.13 Å². The van der Waals surface area contributed by atoms with Gasteiger partial charge >= 0.3 is 5.97 Å². The number of aromatic nitrogens is 4. The Morgan fingerprint density at radius 1 is 1.05 bits per heavy atom. The smallest absolute Gasteiger partial charge is 0.328 e. The van der Waals surface area contributed by atoms with Gasteiger partial charge in [0.15, 0.2) is 5.13 Å². The molecule has 0 spiro atoms. The van der Waals surface area contributed by atoms with Gasteiger partial charge in [0.25, 0.3) is 5.91 Å². The van der Waals surface area contributed by atoms with Crippen LogP contribution >= 0.6 is 11.3 Å². The third-order valence-electron chi connectivity index (χ3n) is 5.28. The van der Waals surface area contributed by atoms with Crippen LogP contribution in [0.5, 0.6) is 0 Å². The molecule has 0 fully saturated rings. The fourth-order valence-corrected chi connectivity index (χ4v) is 4.88. The van der Waals surface area contributed by atoms with Gasteiger partial charge in [-0.3, -0.25) is 23.0 Å². The van der Waals surface area contributed by atoms with Crippen molar-refractivity contribution in [2.75, 3.05) is 18.1 Å². The maximum atomic E-state index is 12.3. The monoisotopic (exact) mass is 584 g/mol. The van der Waals surface area contributed by atoms with Crippen LogP contribution in [0.15, 0.2) is 60.4 Å². The van der Waals surface area contributed by atoms with Crippen molar-refractivity contribution < 1.29 is 27.5 Å². The van der Waals surface area contributed by atoms with Gasteiger partial charge in [-0.25, -0.2) is 13.4 Å². The molecule has 0 aliphatic rings. The Morgan fingerprint density at radius 3 is 2.45 bits per heavy atom. The molecule has 0 bridgehead atoms. The van der Waals surface area contributed by atoms with E-state index in [1.807, 2.05) is 45.0 Å². The molecule has 0 saturated heterocycles. The average Bonchev–Trinajstić information content (AvgIpc) is 3.62. The Hall–Kier alpha value is -4.30. The summed E-state index contributed by atoms with van der Waals surface area (Å²) in [5.74, 6) is -1.44. The second kappa shape index (κ2) is 11.4. The minimum Gasteiger partial charge on any atom is -0.459 e. The summed E-state index contributed by atoms with van der Waals surface area (Å²) in [6, 6.07) is 10.7. The largest absolute Gasteiger partial charge is 0.459 e. The number of amides is 2. The first kappa shape index (κ1) is 28.7. The van der Waals surface area contributed by atoms with E-state index in [0.717, 1.165) is 21.4 Å². The van der Waals surface area contributed by atoms with Gasteiger partial charge in [0.2, 0.25) is 15.9 Å². The number of hydrogen-bond donors (Lipinski definition) is 2. The highest BCUT2D eigenvalue weighted by atomic mass is 32.2. The van der Waals surface area contributed by atoms with Crippen LogP contribution in [0.25, 0.3) is 22.5 Å². The van der Waals surface area contributed by atoms with Gasteiger partial charge in [-0.2, -0.15) is 5.10 Å². The van der Waals surface area contributed by atoms with Crippen molar-refractivity contribution in [2.45, 2.75) is 32.9 Å². The highest BCUT2D eigenvalue weighted by Crippen LogP contribution is 2.28. The average molecular weight is 585 g/mol. The fourth-order valence-electron chi connectivity index (χ4n) is 3.55. The fraction of sp³-hybridized carbons (Fsp3) is 0.269. The minimum absolute atomic E-state index is 0.0000470. The van der Waals surface area contributed by atoms with Crippen LogP contribution in [0, 0.1) is 0 Å². The Kier molecular flexibility index (Phi) is 8.21. The lowest BCUT2D eigenvalue weighted by Gasteiger charge is -2.19. The van der Waals surface area contributed by atoms with E-state index in [1.54, 1.807) is 17.6 Å². The molecule has 12 nitrogen and oxygen atoms in total. The molecular formula is C26H28N6O6S2. The maximum Gasteiger partial charge on any atom is 0.328 e. The summed E-state index contributed by atoms with van der Waals surface area (Å²) in [6.07, 6.45) is 5.16. The Morgan fingerprint density at radius 2 is 1.77 bits per heavy atom. The van der Waals surface area contributed by atoms with Gasteiger partial charge in [-0.1, -0.05) is 18.2 Å². The van der Waals surface area contributed by atoms with Gasteiger partial charge in [0.05, 0.1) is 29.8 Å². The maximum absolute atomic E-state index is 12.3. The lowest BCUT2D eigenvalue weighted by Crippen LogP contribution is -2.32. The number of ether oxygens (including phenoxy) is 1. The standard InChI is InChI=1S/C26H28N6O6S2/c1-26(2,3)38-23(34)15-31-10-9-20(30-31)17-6-5-7-18(12-17)21-16-39-25(28-21)29-22(33)13-27-24(35)19-8-11-32(14-19)40(4,36)37/h5-12,14,16H,13,15H2,1-4H3,(H,27,35)(H,28,29,33). The normalized spacial score (nSPS) is 11.7. The van der Waals surface area contributed by atoms with Crippen molar-refractivity contribution in [1.29, 1.82) is 0 Å². The molecule has 2 amide bonds. The van der Waals surface area contributed by atoms with Gasteiger partial charge in [-0.05, 0) is 39.0 Å². The zero-order chi connectivity index (χ0) is 29.1. The highest BCUT2D eigenvalue weighted by molar-refractivity contribution is 7.89. The Bertz CT molecular complexity index is 1660. The van der Waals surface area contributed by atoms with Gasteiger partial charge in [0.1, 0.15) is 12.1 Å². The van der Waals surface area contributed by atoms with Gasteiger partial charge in [-0.15, -0.1) is 11.3 Å². The molecule has 3 aromatic heterocycles. The number of benzene rings is 1. The summed E-state index contributed by atoms with van der Waals surface area (Å²) >= 11 is 1.23. The van der Waals surface area contributed by atoms with Crippen molar-refractivity contribution in [3.8, 4) is 22.5 Å². The van der Waals surface area contributed by atoms with Crippen LogP contribution < -0.4 is 10.6 Å². The first-order chi connectivity index (χ1) is 18.8.